The maximum atomic E-state index is 13.7. The summed E-state index contributed by atoms with van der Waals surface area (Å²) in [4.78, 5) is 13.7. The SMILES string of the molecule is C[C@H](CCCCC[C@@H](O)CCCCCCCCCCCCC[C@H](CC(=O)OC(C)(C)C)O[C@@H]1O[C@H](COCc2ccccc2)[C@@H](OCc2ccccc2)[C@H](OCc2ccccc2)[C@H]1OCc1ccccc1)OCc1ccccc1. The maximum Gasteiger partial charge on any atom is 0.308 e. The van der Waals surface area contributed by atoms with E-state index in [9.17, 15) is 9.90 Å². The second-order valence-corrected chi connectivity index (χ2v) is 22.7. The highest BCUT2D eigenvalue weighted by Crippen LogP contribution is 2.34. The molecule has 1 N–H and O–H groups in total. The summed E-state index contributed by atoms with van der Waals surface area (Å²) in [5.41, 5.74) is 4.66. The van der Waals surface area contributed by atoms with Gasteiger partial charge in [0.1, 0.15) is 30.0 Å². The van der Waals surface area contributed by atoms with Gasteiger partial charge in [0, 0.05) is 0 Å². The van der Waals surface area contributed by atoms with Crippen molar-refractivity contribution < 1.29 is 47.8 Å². The second kappa shape index (κ2) is 37.3. The van der Waals surface area contributed by atoms with Gasteiger partial charge in [0.15, 0.2) is 6.29 Å². The molecule has 79 heavy (non-hydrogen) atoms. The Hall–Kier alpha value is -4.75. The number of hydrogen-bond donors (Lipinski definition) is 1. The molecule has 10 heteroatoms. The first kappa shape index (κ1) is 63.4. The van der Waals surface area contributed by atoms with E-state index in [1.54, 1.807) is 0 Å². The fourth-order valence-electron chi connectivity index (χ4n) is 10.2. The van der Waals surface area contributed by atoms with E-state index in [4.69, 9.17) is 37.9 Å². The number of aliphatic hydroxyl groups excluding tert-OH is 1. The monoisotopic (exact) mass is 1080 g/mol. The topological polar surface area (TPSA) is 111 Å². The molecule has 0 amide bonds. The zero-order chi connectivity index (χ0) is 55.6. The molecule has 0 aromatic heterocycles. The van der Waals surface area contributed by atoms with Gasteiger partial charge in [-0.3, -0.25) is 4.79 Å². The van der Waals surface area contributed by atoms with Crippen molar-refractivity contribution in [1.29, 1.82) is 0 Å². The van der Waals surface area contributed by atoms with Crippen molar-refractivity contribution in [2.75, 3.05) is 6.61 Å². The molecule has 5 aromatic rings. The van der Waals surface area contributed by atoms with Crippen LogP contribution >= 0.6 is 0 Å². The van der Waals surface area contributed by atoms with Crippen molar-refractivity contribution in [3.8, 4) is 0 Å². The summed E-state index contributed by atoms with van der Waals surface area (Å²) in [6.45, 7) is 10.0. The first-order chi connectivity index (χ1) is 38.6. The molecule has 0 bridgehead atoms. The predicted octanol–water partition coefficient (Wildman–Crippen LogP) is 15.8. The number of unbranched alkanes of at least 4 members (excludes halogenated alkanes) is 12. The quantitative estimate of drug-likeness (QED) is 0.0301. The summed E-state index contributed by atoms with van der Waals surface area (Å²) in [6.07, 6.45) is 15.8. The van der Waals surface area contributed by atoms with E-state index in [2.05, 4.69) is 55.5 Å². The van der Waals surface area contributed by atoms with E-state index in [-0.39, 0.29) is 37.8 Å². The number of carbonyl (C=O) groups excluding carboxylic acids is 1. The van der Waals surface area contributed by atoms with Gasteiger partial charge in [0.2, 0.25) is 0 Å². The number of benzene rings is 5. The number of hydrogen-bond acceptors (Lipinski definition) is 10. The van der Waals surface area contributed by atoms with E-state index in [1.807, 2.05) is 124 Å². The molecule has 6 rings (SSSR count). The van der Waals surface area contributed by atoms with Gasteiger partial charge < -0.3 is 43.0 Å². The summed E-state index contributed by atoms with van der Waals surface area (Å²) < 4.78 is 53.2. The molecule has 5 aromatic carbocycles. The molecule has 1 heterocycles. The van der Waals surface area contributed by atoms with Gasteiger partial charge in [-0.25, -0.2) is 0 Å². The molecule has 1 aliphatic heterocycles. The Kier molecular flexibility index (Phi) is 29.9. The lowest BCUT2D eigenvalue weighted by Gasteiger charge is -2.46. The van der Waals surface area contributed by atoms with Crippen LogP contribution < -0.4 is 0 Å². The molecule has 1 saturated heterocycles. The van der Waals surface area contributed by atoms with Crippen LogP contribution in [-0.2, 0) is 75.7 Å². The Morgan fingerprint density at radius 1 is 0.481 bits per heavy atom. The van der Waals surface area contributed by atoms with Crippen molar-refractivity contribution >= 4 is 5.97 Å². The minimum atomic E-state index is -0.926. The van der Waals surface area contributed by atoms with Crippen LogP contribution in [0.4, 0.5) is 0 Å². The molecule has 8 atom stereocenters. The lowest BCUT2D eigenvalue weighted by Crippen LogP contribution is -2.62. The molecule has 0 radical (unpaired) electrons. The largest absolute Gasteiger partial charge is 0.460 e. The number of ether oxygens (including phenoxy) is 8. The Labute approximate surface area is 475 Å². The van der Waals surface area contributed by atoms with Gasteiger partial charge in [-0.2, -0.15) is 0 Å². The summed E-state index contributed by atoms with van der Waals surface area (Å²) >= 11 is 0. The van der Waals surface area contributed by atoms with Crippen LogP contribution in [0.1, 0.15) is 178 Å². The molecular formula is C69H96O10. The van der Waals surface area contributed by atoms with Crippen molar-refractivity contribution in [2.24, 2.45) is 0 Å². The highest BCUT2D eigenvalue weighted by atomic mass is 16.7. The molecule has 1 aliphatic rings. The molecule has 0 aliphatic carbocycles. The number of rotatable bonds is 40. The molecule has 0 unspecified atom stereocenters. The van der Waals surface area contributed by atoms with Crippen molar-refractivity contribution in [3.05, 3.63) is 179 Å². The summed E-state index contributed by atoms with van der Waals surface area (Å²) in [5, 5.41) is 10.6. The molecule has 432 valence electrons. The van der Waals surface area contributed by atoms with Crippen LogP contribution in [-0.4, -0.2) is 72.3 Å². The van der Waals surface area contributed by atoms with Gasteiger partial charge in [-0.05, 0) is 81.2 Å². The Morgan fingerprint density at radius 2 is 0.861 bits per heavy atom. The van der Waals surface area contributed by atoms with Crippen LogP contribution in [0.25, 0.3) is 0 Å². The lowest BCUT2D eigenvalue weighted by atomic mass is 9.97. The summed E-state index contributed by atoms with van der Waals surface area (Å²) in [5.74, 6) is -0.312. The average Bonchev–Trinajstić information content (AvgIpc) is 3.60. The third-order valence-corrected chi connectivity index (χ3v) is 14.6. The predicted molar refractivity (Wildman–Crippen MR) is 315 cm³/mol. The molecule has 10 nitrogen and oxygen atoms in total. The Morgan fingerprint density at radius 3 is 1.33 bits per heavy atom. The minimum absolute atomic E-state index is 0.0753. The Balaban J connectivity index is 0.997. The van der Waals surface area contributed by atoms with E-state index in [1.165, 1.54) is 50.5 Å². The van der Waals surface area contributed by atoms with Crippen LogP contribution in [0, 0.1) is 0 Å². The molecule has 1 fully saturated rings. The van der Waals surface area contributed by atoms with Gasteiger partial charge in [-0.15, -0.1) is 0 Å². The molecule has 0 saturated carbocycles. The molecular weight excluding hydrogens is 989 g/mol. The van der Waals surface area contributed by atoms with E-state index < -0.39 is 42.4 Å². The first-order valence-corrected chi connectivity index (χ1v) is 30.0. The van der Waals surface area contributed by atoms with E-state index in [0.29, 0.717) is 32.8 Å². The van der Waals surface area contributed by atoms with Gasteiger partial charge in [0.25, 0.3) is 0 Å². The zero-order valence-electron chi connectivity index (χ0n) is 48.4. The van der Waals surface area contributed by atoms with E-state index >= 15 is 0 Å². The molecule has 0 spiro atoms. The van der Waals surface area contributed by atoms with Crippen molar-refractivity contribution in [3.63, 3.8) is 0 Å². The third kappa shape index (κ3) is 26.6. The van der Waals surface area contributed by atoms with Gasteiger partial charge in [0.05, 0.1) is 64.4 Å². The van der Waals surface area contributed by atoms with Crippen LogP contribution in [0.3, 0.4) is 0 Å². The fraction of sp³-hybridized carbons (Fsp3) is 0.551. The van der Waals surface area contributed by atoms with E-state index in [0.717, 1.165) is 86.5 Å². The number of aliphatic hydroxyl groups is 1. The van der Waals surface area contributed by atoms with Crippen LogP contribution in [0.5, 0.6) is 0 Å². The average molecular weight is 1090 g/mol. The summed E-state index contributed by atoms with van der Waals surface area (Å²) in [6, 6.07) is 50.8. The third-order valence-electron chi connectivity index (χ3n) is 14.6. The number of carbonyl (C=O) groups is 1. The zero-order valence-corrected chi connectivity index (χ0v) is 48.4. The number of esters is 1. The van der Waals surface area contributed by atoms with Crippen LogP contribution in [0.2, 0.25) is 0 Å². The first-order valence-electron chi connectivity index (χ1n) is 30.0. The van der Waals surface area contributed by atoms with Gasteiger partial charge >= 0.3 is 5.97 Å². The van der Waals surface area contributed by atoms with Crippen molar-refractivity contribution in [1.82, 2.24) is 0 Å². The standard InChI is InChI=1S/C69H96O10/c1-55(73-50-57-37-23-16-24-38-57)34-20-14-32-46-61(70)45-31-12-10-8-6-5-7-9-11-13-33-47-62(48-64(71)79-69(2,3)4)77-68-67(76-53-60-43-29-19-30-44-60)66(75-52-59-41-27-18-28-42-59)65(74-51-58-39-25-17-26-40-58)63(78-68)54-72-49-56-35-21-15-22-36-56/h15-19,21-30,35-44,55,61-63,65-68,70H,5-14,20,31-34,45-54H2,1-4H3/t55-,61+,62-,63-,65-,66+,67-,68-/m1/s1. The second-order valence-electron chi connectivity index (χ2n) is 22.7. The fourth-order valence-corrected chi connectivity index (χ4v) is 10.2. The minimum Gasteiger partial charge on any atom is -0.460 e. The summed E-state index contributed by atoms with van der Waals surface area (Å²) in [7, 11) is 0. The highest BCUT2D eigenvalue weighted by Gasteiger charge is 2.50. The lowest BCUT2D eigenvalue weighted by molar-refractivity contribution is -0.336. The van der Waals surface area contributed by atoms with Gasteiger partial charge in [-0.1, -0.05) is 242 Å². The van der Waals surface area contributed by atoms with Crippen LogP contribution in [0.15, 0.2) is 152 Å². The van der Waals surface area contributed by atoms with Crippen molar-refractivity contribution in [2.45, 2.75) is 237 Å². The smallest absolute Gasteiger partial charge is 0.308 e. The normalized spacial score (nSPS) is 18.7. The Bertz CT molecular complexity index is 2280. The highest BCUT2D eigenvalue weighted by molar-refractivity contribution is 5.70. The maximum absolute atomic E-state index is 13.7.